The minimum absolute atomic E-state index is 0.114. The molecule has 0 bridgehead atoms. The van der Waals surface area contributed by atoms with Gasteiger partial charge in [-0.15, -0.1) is 13.2 Å². The van der Waals surface area contributed by atoms with E-state index in [0.29, 0.717) is 23.4 Å². The number of hydrogen-bond acceptors (Lipinski definition) is 6. The average molecular weight is 495 g/mol. The van der Waals surface area contributed by atoms with Crippen LogP contribution in [0.3, 0.4) is 0 Å². The zero-order valence-corrected chi connectivity index (χ0v) is 18.6. The second-order valence-corrected chi connectivity index (χ2v) is 10.0. The second-order valence-electron chi connectivity index (χ2n) is 8.07. The summed E-state index contributed by atoms with van der Waals surface area (Å²) in [6.45, 7) is 1.91. The Bertz CT molecular complexity index is 1460. The topological polar surface area (TPSA) is 113 Å². The van der Waals surface area contributed by atoms with Crippen molar-refractivity contribution < 1.29 is 31.4 Å². The Labute approximate surface area is 191 Å². The van der Waals surface area contributed by atoms with Gasteiger partial charge in [0.2, 0.25) is 10.0 Å². The Hall–Kier alpha value is -3.16. The standard InChI is InChI=1S/C21H20F3N5O4S/c1-12(30)20-27-17-10-26-19-16(6-8-25-19)18(17)29(20)13-7-9-28(11-13)34(31,32)15-4-2-14(3-5-15)33-21(22,23)24/h2-6,8,10,12-13,30H,7,9,11H2,1H3,(H,25,26)/t12-,13?/m1/s1. The van der Waals surface area contributed by atoms with E-state index >= 15 is 0 Å². The number of fused-ring (bicyclic) bond motifs is 3. The van der Waals surface area contributed by atoms with E-state index < -0.39 is 28.2 Å². The van der Waals surface area contributed by atoms with Crippen molar-refractivity contribution in [1.29, 1.82) is 0 Å². The molecule has 1 aliphatic heterocycles. The first-order valence-corrected chi connectivity index (χ1v) is 11.9. The van der Waals surface area contributed by atoms with Crippen LogP contribution in [0.5, 0.6) is 5.75 Å². The third-order valence-corrected chi connectivity index (χ3v) is 7.70. The highest BCUT2D eigenvalue weighted by molar-refractivity contribution is 7.89. The maximum Gasteiger partial charge on any atom is 0.573 e. The fourth-order valence-corrected chi connectivity index (χ4v) is 5.87. The molecule has 9 nitrogen and oxygen atoms in total. The van der Waals surface area contributed by atoms with Crippen LogP contribution in [0.15, 0.2) is 47.6 Å². The van der Waals surface area contributed by atoms with Crippen LogP contribution in [-0.2, 0) is 10.0 Å². The van der Waals surface area contributed by atoms with Gasteiger partial charge in [-0.2, -0.15) is 4.31 Å². The van der Waals surface area contributed by atoms with E-state index in [1.54, 1.807) is 19.3 Å². The number of nitrogens with zero attached hydrogens (tertiary/aromatic N) is 4. The number of benzene rings is 1. The lowest BCUT2D eigenvalue weighted by molar-refractivity contribution is -0.274. The van der Waals surface area contributed by atoms with Crippen LogP contribution in [0, 0.1) is 0 Å². The zero-order valence-electron chi connectivity index (χ0n) is 17.8. The fourth-order valence-electron chi connectivity index (χ4n) is 4.38. The predicted molar refractivity (Wildman–Crippen MR) is 116 cm³/mol. The molecule has 13 heteroatoms. The maximum absolute atomic E-state index is 13.2. The van der Waals surface area contributed by atoms with Gasteiger partial charge in [-0.1, -0.05) is 0 Å². The van der Waals surface area contributed by atoms with Crippen LogP contribution in [-0.4, -0.2) is 56.8 Å². The highest BCUT2D eigenvalue weighted by Gasteiger charge is 2.36. The molecular weight excluding hydrogens is 475 g/mol. The summed E-state index contributed by atoms with van der Waals surface area (Å²) in [6, 6.07) is 5.66. The number of imidazole rings is 1. The Morgan fingerprint density at radius 2 is 1.97 bits per heavy atom. The largest absolute Gasteiger partial charge is 0.573 e. The number of ether oxygens (including phenoxy) is 1. The molecule has 1 aromatic carbocycles. The van der Waals surface area contributed by atoms with Crippen LogP contribution in [0.2, 0.25) is 0 Å². The lowest BCUT2D eigenvalue weighted by Crippen LogP contribution is -2.29. The molecule has 0 amide bonds. The quantitative estimate of drug-likeness (QED) is 0.438. The zero-order chi connectivity index (χ0) is 24.3. The van der Waals surface area contributed by atoms with Crippen molar-refractivity contribution in [3.63, 3.8) is 0 Å². The van der Waals surface area contributed by atoms with Crippen molar-refractivity contribution in [1.82, 2.24) is 23.8 Å². The van der Waals surface area contributed by atoms with E-state index in [4.69, 9.17) is 0 Å². The van der Waals surface area contributed by atoms with Crippen LogP contribution in [0.4, 0.5) is 13.2 Å². The Morgan fingerprint density at radius 1 is 1.24 bits per heavy atom. The summed E-state index contributed by atoms with van der Waals surface area (Å²) in [5.41, 5.74) is 1.99. The van der Waals surface area contributed by atoms with E-state index in [1.165, 1.54) is 4.31 Å². The third-order valence-electron chi connectivity index (χ3n) is 5.82. The maximum atomic E-state index is 13.2. The van der Waals surface area contributed by atoms with Gasteiger partial charge in [0.15, 0.2) is 0 Å². The molecule has 1 saturated heterocycles. The van der Waals surface area contributed by atoms with Crippen LogP contribution < -0.4 is 4.74 Å². The van der Waals surface area contributed by atoms with Crippen molar-refractivity contribution in [3.05, 3.63) is 48.5 Å². The van der Waals surface area contributed by atoms with Crippen molar-refractivity contribution in [2.75, 3.05) is 13.1 Å². The predicted octanol–water partition coefficient (Wildman–Crippen LogP) is 3.50. The van der Waals surface area contributed by atoms with Gasteiger partial charge in [0, 0.05) is 24.7 Å². The van der Waals surface area contributed by atoms with Gasteiger partial charge in [-0.3, -0.25) is 0 Å². The number of alkyl halides is 3. The first kappa shape index (κ1) is 22.6. The fraction of sp³-hybridized carbons (Fsp3) is 0.333. The lowest BCUT2D eigenvalue weighted by Gasteiger charge is -2.20. The molecule has 1 fully saturated rings. The minimum Gasteiger partial charge on any atom is -0.406 e. The first-order chi connectivity index (χ1) is 16.0. The molecule has 1 unspecified atom stereocenters. The van der Waals surface area contributed by atoms with E-state index in [9.17, 15) is 26.7 Å². The molecule has 0 radical (unpaired) electrons. The van der Waals surface area contributed by atoms with E-state index in [1.807, 2.05) is 10.6 Å². The van der Waals surface area contributed by atoms with Crippen molar-refractivity contribution in [2.45, 2.75) is 36.7 Å². The van der Waals surface area contributed by atoms with Crippen molar-refractivity contribution in [2.24, 2.45) is 0 Å². The SMILES string of the molecule is C[C@@H](O)c1nc2cnc3[nH]ccc3c2n1C1CCN(S(=O)(=O)c2ccc(OC(F)(F)F)cc2)C1. The van der Waals surface area contributed by atoms with Gasteiger partial charge in [0.1, 0.15) is 28.8 Å². The highest BCUT2D eigenvalue weighted by Crippen LogP contribution is 2.35. The number of pyridine rings is 1. The second kappa shape index (κ2) is 7.96. The molecule has 0 spiro atoms. The Morgan fingerprint density at radius 3 is 2.65 bits per heavy atom. The van der Waals surface area contributed by atoms with Gasteiger partial charge >= 0.3 is 6.36 Å². The van der Waals surface area contributed by atoms with Gasteiger partial charge in [0.05, 0.1) is 22.7 Å². The summed E-state index contributed by atoms with van der Waals surface area (Å²) < 4.78 is 70.5. The summed E-state index contributed by atoms with van der Waals surface area (Å²) in [5, 5.41) is 11.2. The minimum atomic E-state index is -4.86. The monoisotopic (exact) mass is 495 g/mol. The molecule has 1 aliphatic rings. The van der Waals surface area contributed by atoms with Crippen LogP contribution in [0.1, 0.15) is 31.3 Å². The summed E-state index contributed by atoms with van der Waals surface area (Å²) >= 11 is 0. The summed E-state index contributed by atoms with van der Waals surface area (Å²) in [4.78, 5) is 11.8. The molecule has 0 saturated carbocycles. The van der Waals surface area contributed by atoms with Crippen LogP contribution in [0.25, 0.3) is 22.1 Å². The number of sulfonamides is 1. The normalized spacial score (nSPS) is 18.7. The Balaban J connectivity index is 1.47. The number of nitrogens with one attached hydrogen (secondary N) is 1. The number of aliphatic hydroxyl groups excluding tert-OH is 1. The number of aromatic amines is 1. The van der Waals surface area contributed by atoms with Crippen LogP contribution >= 0.6 is 0 Å². The molecule has 0 aliphatic carbocycles. The third kappa shape index (κ3) is 3.89. The van der Waals surface area contributed by atoms with Gasteiger partial charge in [-0.05, 0) is 43.7 Å². The number of aliphatic hydroxyl groups is 1. The van der Waals surface area contributed by atoms with Gasteiger partial charge < -0.3 is 19.4 Å². The average Bonchev–Trinajstić information content (AvgIpc) is 3.49. The van der Waals surface area contributed by atoms with E-state index in [-0.39, 0.29) is 24.0 Å². The van der Waals surface area contributed by atoms with Gasteiger partial charge in [-0.25, -0.2) is 18.4 Å². The molecule has 3 aromatic heterocycles. The smallest absolute Gasteiger partial charge is 0.406 e. The number of halogens is 3. The molecule has 180 valence electrons. The van der Waals surface area contributed by atoms with E-state index in [0.717, 1.165) is 35.2 Å². The Kier molecular flexibility index (Phi) is 5.30. The lowest BCUT2D eigenvalue weighted by atomic mass is 10.2. The number of hydrogen-bond donors (Lipinski definition) is 2. The molecule has 5 rings (SSSR count). The molecule has 34 heavy (non-hydrogen) atoms. The summed E-state index contributed by atoms with van der Waals surface area (Å²) in [7, 11) is -3.96. The molecule has 2 N–H and O–H groups in total. The summed E-state index contributed by atoms with van der Waals surface area (Å²) in [5.74, 6) is -0.0928. The highest BCUT2D eigenvalue weighted by atomic mass is 32.2. The molecule has 4 aromatic rings. The first-order valence-electron chi connectivity index (χ1n) is 10.4. The number of rotatable bonds is 5. The molecular formula is C21H20F3N5O4S. The summed E-state index contributed by atoms with van der Waals surface area (Å²) in [6.07, 6.45) is -1.95. The number of H-pyrrole nitrogens is 1. The van der Waals surface area contributed by atoms with E-state index in [2.05, 4.69) is 19.7 Å². The molecule has 4 heterocycles. The van der Waals surface area contributed by atoms with Crippen molar-refractivity contribution in [3.8, 4) is 5.75 Å². The number of aromatic nitrogens is 4. The van der Waals surface area contributed by atoms with Gasteiger partial charge in [0.25, 0.3) is 0 Å². The van der Waals surface area contributed by atoms with Crippen molar-refractivity contribution >= 4 is 32.1 Å². The molecule has 2 atom stereocenters.